The van der Waals surface area contributed by atoms with Gasteiger partial charge in [0.25, 0.3) is 5.91 Å². The van der Waals surface area contributed by atoms with E-state index in [9.17, 15) is 4.79 Å². The average molecular weight is 348 g/mol. The van der Waals surface area contributed by atoms with Gasteiger partial charge in [0.2, 0.25) is 0 Å². The minimum atomic E-state index is -0.123. The van der Waals surface area contributed by atoms with Crippen LogP contribution in [0, 0.1) is 0 Å². The molecule has 1 aromatic rings. The summed E-state index contributed by atoms with van der Waals surface area (Å²) in [5, 5.41) is 8.03. The Balaban J connectivity index is 1.98. The molecule has 6 heteroatoms. The molecule has 0 aliphatic carbocycles. The van der Waals surface area contributed by atoms with Gasteiger partial charge >= 0.3 is 0 Å². The van der Waals surface area contributed by atoms with Gasteiger partial charge in [0.1, 0.15) is 11.4 Å². The molecule has 25 heavy (non-hydrogen) atoms. The maximum Gasteiger partial charge on any atom is 0.259 e. The lowest BCUT2D eigenvalue weighted by atomic mass is 9.89. The van der Waals surface area contributed by atoms with E-state index in [1.54, 1.807) is 13.3 Å². The highest BCUT2D eigenvalue weighted by atomic mass is 16.5. The molecule has 0 aromatic carbocycles. The lowest BCUT2D eigenvalue weighted by molar-refractivity contribution is 0.0564. The van der Waals surface area contributed by atoms with E-state index in [2.05, 4.69) is 45.0 Å². The third kappa shape index (κ3) is 2.84. The van der Waals surface area contributed by atoms with E-state index in [0.717, 1.165) is 31.5 Å². The smallest absolute Gasteiger partial charge is 0.259 e. The topological polar surface area (TPSA) is 59.4 Å². The van der Waals surface area contributed by atoms with Crippen LogP contribution in [0.4, 0.5) is 5.82 Å². The maximum absolute atomic E-state index is 13.5. The highest BCUT2D eigenvalue weighted by molar-refractivity contribution is 5.99. The number of hydrogen-bond donors (Lipinski definition) is 1. The number of rotatable bonds is 4. The Morgan fingerprint density at radius 2 is 2.04 bits per heavy atom. The Bertz CT molecular complexity index is 648. The van der Waals surface area contributed by atoms with E-state index in [-0.39, 0.29) is 23.1 Å². The minimum absolute atomic E-state index is 0.0712. The normalized spacial score (nSPS) is 27.0. The minimum Gasteiger partial charge on any atom is -0.380 e. The maximum atomic E-state index is 13.5. The molecule has 0 radical (unpaired) electrons. The molecule has 2 aliphatic heterocycles. The first-order chi connectivity index (χ1) is 11.8. The van der Waals surface area contributed by atoms with Crippen LogP contribution in [0.3, 0.4) is 0 Å². The quantitative estimate of drug-likeness (QED) is 0.907. The molecule has 0 saturated carbocycles. The predicted molar refractivity (Wildman–Crippen MR) is 99.0 cm³/mol. The van der Waals surface area contributed by atoms with Gasteiger partial charge in [-0.05, 0) is 46.5 Å². The highest BCUT2D eigenvalue weighted by Crippen LogP contribution is 2.40. The lowest BCUT2D eigenvalue weighted by Gasteiger charge is -2.39. The van der Waals surface area contributed by atoms with E-state index in [0.29, 0.717) is 18.2 Å². The van der Waals surface area contributed by atoms with Gasteiger partial charge in [0.15, 0.2) is 0 Å². The van der Waals surface area contributed by atoms with E-state index in [4.69, 9.17) is 4.74 Å². The molecule has 140 valence electrons. The van der Waals surface area contributed by atoms with Gasteiger partial charge in [-0.1, -0.05) is 13.8 Å². The van der Waals surface area contributed by atoms with Gasteiger partial charge in [-0.25, -0.2) is 4.68 Å². The number of nitrogens with zero attached hydrogens (tertiary/aromatic N) is 3. The highest BCUT2D eigenvalue weighted by Gasteiger charge is 2.47. The van der Waals surface area contributed by atoms with Crippen LogP contribution in [-0.4, -0.2) is 51.9 Å². The van der Waals surface area contributed by atoms with Crippen LogP contribution < -0.4 is 5.32 Å². The first kappa shape index (κ1) is 18.2. The summed E-state index contributed by atoms with van der Waals surface area (Å²) in [6.07, 6.45) is 5.61. The van der Waals surface area contributed by atoms with E-state index in [1.807, 2.05) is 9.58 Å². The summed E-state index contributed by atoms with van der Waals surface area (Å²) in [5.41, 5.74) is 0.468. The third-order valence-corrected chi connectivity index (χ3v) is 6.22. The third-order valence-electron chi connectivity index (χ3n) is 6.22. The standard InChI is InChI=1S/C19H32N4O2/c1-7-19(8-2)10-14(25-6)12-22(19)17(24)15-11-20-23-16(15)21-13(3)9-18(23,4)5/h11,13-14,21H,7-10,12H2,1-6H3/t13-,14+/m0/s1. The Hall–Kier alpha value is -1.56. The fourth-order valence-corrected chi connectivity index (χ4v) is 4.74. The van der Waals surface area contributed by atoms with Crippen molar-refractivity contribution in [2.45, 2.75) is 83.5 Å². The first-order valence-electron chi connectivity index (χ1n) is 9.47. The van der Waals surface area contributed by atoms with Crippen LogP contribution in [0.15, 0.2) is 6.20 Å². The van der Waals surface area contributed by atoms with Gasteiger partial charge in [-0.2, -0.15) is 5.10 Å². The molecule has 1 fully saturated rings. The Morgan fingerprint density at radius 3 is 2.64 bits per heavy atom. The number of aromatic nitrogens is 2. The molecule has 0 spiro atoms. The van der Waals surface area contributed by atoms with E-state index < -0.39 is 0 Å². The lowest BCUT2D eigenvalue weighted by Crippen LogP contribution is -2.47. The number of fused-ring (bicyclic) bond motifs is 1. The second kappa shape index (κ2) is 6.31. The average Bonchev–Trinajstić information content (AvgIpc) is 3.15. The number of likely N-dealkylation sites (tertiary alicyclic amines) is 1. The van der Waals surface area contributed by atoms with Crippen molar-refractivity contribution < 1.29 is 9.53 Å². The molecule has 6 nitrogen and oxygen atoms in total. The summed E-state index contributed by atoms with van der Waals surface area (Å²) in [6, 6.07) is 0.318. The summed E-state index contributed by atoms with van der Waals surface area (Å²) >= 11 is 0. The largest absolute Gasteiger partial charge is 0.380 e. The van der Waals surface area contributed by atoms with Gasteiger partial charge in [0, 0.05) is 25.2 Å². The summed E-state index contributed by atoms with van der Waals surface area (Å²) in [7, 11) is 1.74. The summed E-state index contributed by atoms with van der Waals surface area (Å²) in [4.78, 5) is 15.5. The van der Waals surface area contributed by atoms with Crippen LogP contribution in [-0.2, 0) is 10.3 Å². The first-order valence-corrected chi connectivity index (χ1v) is 9.47. The molecule has 3 heterocycles. The van der Waals surface area contributed by atoms with Crippen LogP contribution in [0.5, 0.6) is 0 Å². The van der Waals surface area contributed by atoms with E-state index in [1.165, 1.54) is 0 Å². The molecule has 1 saturated heterocycles. The number of nitrogens with one attached hydrogen (secondary N) is 1. The molecule has 2 atom stereocenters. The summed E-state index contributed by atoms with van der Waals surface area (Å²) in [5.74, 6) is 0.928. The number of amides is 1. The zero-order valence-electron chi connectivity index (χ0n) is 16.4. The Morgan fingerprint density at radius 1 is 1.36 bits per heavy atom. The van der Waals surface area contributed by atoms with Crippen molar-refractivity contribution in [2.24, 2.45) is 0 Å². The SMILES string of the molecule is CCC1(CC)C[C@@H](OC)CN1C(=O)c1cnn2c1N[C@@H](C)CC2(C)C. The van der Waals surface area contributed by atoms with Gasteiger partial charge in [-0.15, -0.1) is 0 Å². The van der Waals surface area contributed by atoms with Crippen molar-refractivity contribution in [3.8, 4) is 0 Å². The number of methoxy groups -OCH3 is 1. The van der Waals surface area contributed by atoms with Crippen LogP contribution >= 0.6 is 0 Å². The van der Waals surface area contributed by atoms with Crippen molar-refractivity contribution in [1.82, 2.24) is 14.7 Å². The van der Waals surface area contributed by atoms with Crippen molar-refractivity contribution in [2.75, 3.05) is 19.0 Å². The van der Waals surface area contributed by atoms with Crippen molar-refractivity contribution in [1.29, 1.82) is 0 Å². The van der Waals surface area contributed by atoms with Crippen LogP contribution in [0.1, 0.15) is 70.7 Å². The van der Waals surface area contributed by atoms with Crippen LogP contribution in [0.2, 0.25) is 0 Å². The molecule has 3 rings (SSSR count). The fraction of sp³-hybridized carbons (Fsp3) is 0.789. The Kier molecular flexibility index (Phi) is 4.60. The molecular formula is C19H32N4O2. The molecule has 1 amide bonds. The number of carbonyl (C=O) groups is 1. The molecule has 2 aliphatic rings. The van der Waals surface area contributed by atoms with Gasteiger partial charge in [0.05, 0.1) is 17.8 Å². The zero-order valence-corrected chi connectivity index (χ0v) is 16.4. The number of hydrogen-bond acceptors (Lipinski definition) is 4. The second-order valence-electron chi connectivity index (χ2n) is 8.29. The predicted octanol–water partition coefficient (Wildman–Crippen LogP) is 3.24. The van der Waals surface area contributed by atoms with Crippen molar-refractivity contribution in [3.63, 3.8) is 0 Å². The van der Waals surface area contributed by atoms with Gasteiger partial charge in [-0.3, -0.25) is 4.79 Å². The molecule has 1 aromatic heterocycles. The van der Waals surface area contributed by atoms with Gasteiger partial charge < -0.3 is 15.0 Å². The summed E-state index contributed by atoms with van der Waals surface area (Å²) in [6.45, 7) is 11.5. The van der Waals surface area contributed by atoms with E-state index >= 15 is 0 Å². The summed E-state index contributed by atoms with van der Waals surface area (Å²) < 4.78 is 7.58. The monoisotopic (exact) mass is 348 g/mol. The van der Waals surface area contributed by atoms with Crippen LogP contribution in [0.25, 0.3) is 0 Å². The molecule has 0 unspecified atom stereocenters. The number of ether oxygens (including phenoxy) is 1. The fourth-order valence-electron chi connectivity index (χ4n) is 4.74. The zero-order chi connectivity index (χ0) is 18.4. The Labute approximate surface area is 150 Å². The van der Waals surface area contributed by atoms with Crippen molar-refractivity contribution in [3.05, 3.63) is 11.8 Å². The molecule has 1 N–H and O–H groups in total. The number of anilines is 1. The molecule has 0 bridgehead atoms. The second-order valence-corrected chi connectivity index (χ2v) is 8.29. The molecular weight excluding hydrogens is 316 g/mol. The van der Waals surface area contributed by atoms with Crippen molar-refractivity contribution >= 4 is 11.7 Å². The number of carbonyl (C=O) groups excluding carboxylic acids is 1.